The molecule has 7 heteroatoms. The molecule has 0 heterocycles. The molecule has 0 aliphatic heterocycles. The molecular formula is C14H25F3N2O2. The first kappa shape index (κ1) is 18.1. The SMILES string of the molecule is CN(C)C1CC(C(F)(F)F)CCC1OC(=O)NC(C)(C)C. The number of amides is 1. The first-order valence-corrected chi connectivity index (χ1v) is 7.12. The lowest BCUT2D eigenvalue weighted by molar-refractivity contribution is -0.192. The van der Waals surface area contributed by atoms with Gasteiger partial charge in [-0.2, -0.15) is 13.2 Å². The first-order chi connectivity index (χ1) is 9.40. The van der Waals surface area contributed by atoms with Gasteiger partial charge < -0.3 is 15.0 Å². The number of nitrogens with one attached hydrogen (secondary N) is 1. The Balaban J connectivity index is 2.68. The quantitative estimate of drug-likeness (QED) is 0.852. The molecule has 1 aliphatic rings. The van der Waals surface area contributed by atoms with Gasteiger partial charge in [-0.15, -0.1) is 0 Å². The Hall–Kier alpha value is -0.980. The number of rotatable bonds is 2. The molecule has 21 heavy (non-hydrogen) atoms. The fourth-order valence-electron chi connectivity index (χ4n) is 2.57. The summed E-state index contributed by atoms with van der Waals surface area (Å²) >= 11 is 0. The van der Waals surface area contributed by atoms with Gasteiger partial charge in [0.05, 0.1) is 5.92 Å². The summed E-state index contributed by atoms with van der Waals surface area (Å²) in [5.74, 6) is -1.32. The van der Waals surface area contributed by atoms with E-state index in [2.05, 4.69) is 5.32 Å². The fraction of sp³-hybridized carbons (Fsp3) is 0.929. The number of nitrogens with zero attached hydrogens (tertiary/aromatic N) is 1. The lowest BCUT2D eigenvalue weighted by Gasteiger charge is -2.39. The number of carbonyl (C=O) groups is 1. The van der Waals surface area contributed by atoms with Crippen molar-refractivity contribution in [3.05, 3.63) is 0 Å². The van der Waals surface area contributed by atoms with Crippen LogP contribution in [0.15, 0.2) is 0 Å². The Kier molecular flexibility index (Phi) is 5.52. The van der Waals surface area contributed by atoms with E-state index < -0.39 is 35.9 Å². The summed E-state index contributed by atoms with van der Waals surface area (Å²) in [6.07, 6.45) is -5.09. The second kappa shape index (κ2) is 6.42. The summed E-state index contributed by atoms with van der Waals surface area (Å²) in [4.78, 5) is 13.5. The number of alkyl halides is 3. The van der Waals surface area contributed by atoms with E-state index in [1.165, 1.54) is 0 Å². The van der Waals surface area contributed by atoms with Gasteiger partial charge >= 0.3 is 12.3 Å². The summed E-state index contributed by atoms with van der Waals surface area (Å²) in [7, 11) is 3.42. The van der Waals surface area contributed by atoms with Crippen LogP contribution >= 0.6 is 0 Å². The van der Waals surface area contributed by atoms with Gasteiger partial charge in [-0.25, -0.2) is 4.79 Å². The maximum Gasteiger partial charge on any atom is 0.407 e. The number of hydrogen-bond acceptors (Lipinski definition) is 3. The standard InChI is InChI=1S/C14H25F3N2O2/c1-13(2,3)18-12(20)21-11-7-6-9(14(15,16)17)8-10(11)19(4)5/h9-11H,6-8H2,1-5H3,(H,18,20). The number of hydrogen-bond donors (Lipinski definition) is 1. The van der Waals surface area contributed by atoms with Crippen molar-refractivity contribution in [3.8, 4) is 0 Å². The lowest BCUT2D eigenvalue weighted by atomic mass is 9.82. The van der Waals surface area contributed by atoms with Crippen molar-refractivity contribution in [1.82, 2.24) is 10.2 Å². The molecular weight excluding hydrogens is 285 g/mol. The van der Waals surface area contributed by atoms with Gasteiger partial charge in [0.15, 0.2) is 0 Å². The van der Waals surface area contributed by atoms with Crippen LogP contribution in [-0.2, 0) is 4.74 Å². The van der Waals surface area contributed by atoms with E-state index >= 15 is 0 Å². The van der Waals surface area contributed by atoms with Crippen LogP contribution in [0.5, 0.6) is 0 Å². The molecule has 0 spiro atoms. The van der Waals surface area contributed by atoms with Gasteiger partial charge in [0.2, 0.25) is 0 Å². The average Bonchev–Trinajstić information content (AvgIpc) is 2.24. The molecule has 1 amide bonds. The minimum absolute atomic E-state index is 0.00129. The van der Waals surface area contributed by atoms with Crippen LogP contribution in [0.2, 0.25) is 0 Å². The van der Waals surface area contributed by atoms with Crippen molar-refractivity contribution in [2.75, 3.05) is 14.1 Å². The molecule has 0 aromatic heterocycles. The summed E-state index contributed by atoms with van der Waals surface area (Å²) in [5.41, 5.74) is -0.437. The third kappa shape index (κ3) is 5.73. The van der Waals surface area contributed by atoms with Crippen LogP contribution in [0.4, 0.5) is 18.0 Å². The van der Waals surface area contributed by atoms with E-state index in [9.17, 15) is 18.0 Å². The van der Waals surface area contributed by atoms with Gasteiger partial charge in [-0.3, -0.25) is 0 Å². The van der Waals surface area contributed by atoms with Crippen molar-refractivity contribution in [1.29, 1.82) is 0 Å². The van der Waals surface area contributed by atoms with Gasteiger partial charge in [0, 0.05) is 11.6 Å². The molecule has 3 unspecified atom stereocenters. The van der Waals surface area contributed by atoms with Crippen LogP contribution in [0, 0.1) is 5.92 Å². The molecule has 0 bridgehead atoms. The highest BCUT2D eigenvalue weighted by Gasteiger charge is 2.46. The maximum atomic E-state index is 12.9. The largest absolute Gasteiger partial charge is 0.445 e. The second-order valence-corrected chi connectivity index (χ2v) is 6.90. The third-order valence-corrected chi connectivity index (χ3v) is 3.62. The molecule has 4 nitrogen and oxygen atoms in total. The van der Waals surface area contributed by atoms with Crippen molar-refractivity contribution < 1.29 is 22.7 Å². The molecule has 0 saturated heterocycles. The Morgan fingerprint density at radius 2 is 1.76 bits per heavy atom. The molecule has 0 aromatic carbocycles. The van der Waals surface area contributed by atoms with Crippen molar-refractivity contribution >= 4 is 6.09 Å². The number of ether oxygens (including phenoxy) is 1. The van der Waals surface area contributed by atoms with E-state index in [0.29, 0.717) is 0 Å². The predicted octanol–water partition coefficient (Wildman–Crippen LogP) is 3.17. The predicted molar refractivity (Wildman–Crippen MR) is 74.0 cm³/mol. The summed E-state index contributed by atoms with van der Waals surface area (Å²) < 4.78 is 43.9. The smallest absolute Gasteiger partial charge is 0.407 e. The molecule has 1 N–H and O–H groups in total. The average molecular weight is 310 g/mol. The molecule has 1 rings (SSSR count). The Morgan fingerprint density at radius 3 is 2.19 bits per heavy atom. The van der Waals surface area contributed by atoms with Crippen molar-refractivity contribution in [3.63, 3.8) is 0 Å². The molecule has 124 valence electrons. The Bertz CT molecular complexity index is 364. The highest BCUT2D eigenvalue weighted by atomic mass is 19.4. The van der Waals surface area contributed by atoms with E-state index in [1.807, 2.05) is 20.8 Å². The van der Waals surface area contributed by atoms with Gasteiger partial charge in [0.25, 0.3) is 0 Å². The first-order valence-electron chi connectivity index (χ1n) is 7.12. The molecule has 0 aromatic rings. The van der Waals surface area contributed by atoms with Crippen LogP contribution in [0.25, 0.3) is 0 Å². The third-order valence-electron chi connectivity index (χ3n) is 3.62. The van der Waals surface area contributed by atoms with Crippen molar-refractivity contribution in [2.24, 2.45) is 5.92 Å². The maximum absolute atomic E-state index is 12.9. The Labute approximate surface area is 124 Å². The second-order valence-electron chi connectivity index (χ2n) is 6.90. The highest BCUT2D eigenvalue weighted by Crippen LogP contribution is 2.39. The summed E-state index contributed by atoms with van der Waals surface area (Å²) in [6, 6.07) is -0.420. The van der Waals surface area contributed by atoms with Crippen molar-refractivity contribution in [2.45, 2.75) is 63.9 Å². The molecule has 3 atom stereocenters. The van der Waals surface area contributed by atoms with Crippen LogP contribution in [0.1, 0.15) is 40.0 Å². The number of halogens is 3. The van der Waals surface area contributed by atoms with Crippen LogP contribution in [-0.4, -0.2) is 48.9 Å². The zero-order chi connectivity index (χ0) is 16.4. The van der Waals surface area contributed by atoms with Crippen LogP contribution in [0.3, 0.4) is 0 Å². The number of alkyl carbamates (subject to hydrolysis) is 1. The van der Waals surface area contributed by atoms with Crippen LogP contribution < -0.4 is 5.32 Å². The minimum Gasteiger partial charge on any atom is -0.445 e. The zero-order valence-corrected chi connectivity index (χ0v) is 13.3. The monoisotopic (exact) mass is 310 g/mol. The minimum atomic E-state index is -4.19. The van der Waals surface area contributed by atoms with E-state index in [1.54, 1.807) is 19.0 Å². The van der Waals surface area contributed by atoms with E-state index in [0.717, 1.165) is 0 Å². The molecule has 1 fully saturated rings. The van der Waals surface area contributed by atoms with E-state index in [-0.39, 0.29) is 19.3 Å². The Morgan fingerprint density at radius 1 is 1.19 bits per heavy atom. The van der Waals surface area contributed by atoms with Gasteiger partial charge in [-0.05, 0) is 54.1 Å². The topological polar surface area (TPSA) is 41.6 Å². The summed E-state index contributed by atoms with van der Waals surface area (Å²) in [6.45, 7) is 5.45. The van der Waals surface area contributed by atoms with Gasteiger partial charge in [0.1, 0.15) is 6.10 Å². The van der Waals surface area contributed by atoms with Gasteiger partial charge in [-0.1, -0.05) is 0 Å². The molecule has 1 saturated carbocycles. The molecule has 0 radical (unpaired) electrons. The molecule has 1 aliphatic carbocycles. The summed E-state index contributed by atoms with van der Waals surface area (Å²) in [5, 5.41) is 2.67. The zero-order valence-electron chi connectivity index (χ0n) is 13.3. The number of carbonyl (C=O) groups excluding carboxylic acids is 1. The van der Waals surface area contributed by atoms with E-state index in [4.69, 9.17) is 4.74 Å². The normalized spacial score (nSPS) is 27.6. The number of likely N-dealkylation sites (N-methyl/N-ethyl adjacent to an activating group) is 1. The lowest BCUT2D eigenvalue weighted by Crippen LogP contribution is -2.50. The highest BCUT2D eigenvalue weighted by molar-refractivity contribution is 5.68. The fourth-order valence-corrected chi connectivity index (χ4v) is 2.57.